The molecule has 0 spiro atoms. The van der Waals surface area contributed by atoms with Gasteiger partial charge in [-0.1, -0.05) is 41.4 Å². The topological polar surface area (TPSA) is 18.8 Å². The number of fused-ring (bicyclic) bond motifs is 6. The normalized spacial score (nSPS) is 24.5. The molecule has 2 aromatic carbocycles. The van der Waals surface area contributed by atoms with Crippen LogP contribution in [0.5, 0.6) is 0 Å². The lowest BCUT2D eigenvalue weighted by Gasteiger charge is -2.47. The molecular weight excluding hydrogens is 353 g/mol. The summed E-state index contributed by atoms with van der Waals surface area (Å²) in [6.07, 6.45) is 2.54. The van der Waals surface area contributed by atoms with Crippen LogP contribution < -0.4 is 4.90 Å². The molecule has 0 N–H and O–H groups in total. The summed E-state index contributed by atoms with van der Waals surface area (Å²) in [7, 11) is 0. The van der Waals surface area contributed by atoms with Crippen LogP contribution in [0.2, 0.25) is 10.0 Å². The van der Waals surface area contributed by atoms with Crippen molar-refractivity contribution in [2.75, 3.05) is 24.5 Å². The van der Waals surface area contributed by atoms with Crippen molar-refractivity contribution < 1.29 is 0 Å². The molecule has 0 aromatic heterocycles. The highest BCUT2D eigenvalue weighted by Gasteiger charge is 2.45. The van der Waals surface area contributed by atoms with Crippen molar-refractivity contribution in [3.63, 3.8) is 0 Å². The number of anilines is 1. The largest absolute Gasteiger partial charge is 0.350 e. The van der Waals surface area contributed by atoms with Crippen molar-refractivity contribution in [3.05, 3.63) is 63.6 Å². The number of benzene rings is 2. The first-order valence-corrected chi connectivity index (χ1v) is 9.62. The molecule has 5 rings (SSSR count). The van der Waals surface area contributed by atoms with Crippen LogP contribution in [0.3, 0.4) is 0 Å². The quantitative estimate of drug-likeness (QED) is 0.718. The predicted molar refractivity (Wildman–Crippen MR) is 104 cm³/mol. The summed E-state index contributed by atoms with van der Waals surface area (Å²) in [5.74, 6) is 1.57. The van der Waals surface area contributed by atoms with E-state index in [1.807, 2.05) is 12.1 Å². The van der Waals surface area contributed by atoms with E-state index in [9.17, 15) is 0 Å². The summed E-state index contributed by atoms with van der Waals surface area (Å²) in [6, 6.07) is 14.8. The van der Waals surface area contributed by atoms with Gasteiger partial charge in [0, 0.05) is 36.8 Å². The maximum Gasteiger partial charge on any atom is 0.134 e. The number of rotatable bonds is 1. The van der Waals surface area contributed by atoms with Gasteiger partial charge in [0.25, 0.3) is 0 Å². The number of hydrogen-bond acceptors (Lipinski definition) is 3. The van der Waals surface area contributed by atoms with E-state index < -0.39 is 0 Å². The molecule has 2 aromatic rings. The summed E-state index contributed by atoms with van der Waals surface area (Å²) in [4.78, 5) is 9.94. The van der Waals surface area contributed by atoms with Crippen molar-refractivity contribution in [1.29, 1.82) is 0 Å². The molecular formula is C20H19Cl2N3. The SMILES string of the molecule is Clc1ccc(C2CCN3c4ccccc4C4=NCCCN4C23)cc1Cl. The number of para-hydroxylation sites is 1. The lowest BCUT2D eigenvalue weighted by atomic mass is 9.92. The minimum Gasteiger partial charge on any atom is -0.350 e. The van der Waals surface area contributed by atoms with Gasteiger partial charge in [0.15, 0.2) is 0 Å². The Kier molecular flexibility index (Phi) is 3.68. The molecule has 128 valence electrons. The van der Waals surface area contributed by atoms with Crippen LogP contribution in [0.15, 0.2) is 47.5 Å². The summed E-state index contributed by atoms with van der Waals surface area (Å²) >= 11 is 12.4. The van der Waals surface area contributed by atoms with E-state index in [1.54, 1.807) is 0 Å². The van der Waals surface area contributed by atoms with Gasteiger partial charge in [0.2, 0.25) is 0 Å². The highest BCUT2D eigenvalue weighted by Crippen LogP contribution is 2.44. The van der Waals surface area contributed by atoms with Crippen LogP contribution in [0.4, 0.5) is 5.69 Å². The molecule has 3 heterocycles. The number of hydrogen-bond donors (Lipinski definition) is 0. The van der Waals surface area contributed by atoms with Crippen molar-refractivity contribution in [2.45, 2.75) is 24.9 Å². The molecule has 3 aliphatic rings. The second-order valence-electron chi connectivity index (χ2n) is 6.95. The third kappa shape index (κ3) is 2.37. The summed E-state index contributed by atoms with van der Waals surface area (Å²) in [5, 5.41) is 1.26. The molecule has 2 unspecified atom stereocenters. The van der Waals surface area contributed by atoms with Gasteiger partial charge in [-0.05, 0) is 42.7 Å². The first-order valence-electron chi connectivity index (χ1n) is 8.86. The fourth-order valence-corrected chi connectivity index (χ4v) is 4.85. The number of amidine groups is 1. The summed E-state index contributed by atoms with van der Waals surface area (Å²) in [5.41, 5.74) is 3.85. The van der Waals surface area contributed by atoms with Crippen molar-refractivity contribution in [2.24, 2.45) is 4.99 Å². The average Bonchev–Trinajstić information content (AvgIpc) is 3.10. The summed E-state index contributed by atoms with van der Waals surface area (Å²) < 4.78 is 0. The molecule has 5 heteroatoms. The van der Waals surface area contributed by atoms with Crippen molar-refractivity contribution in [3.8, 4) is 0 Å². The van der Waals surface area contributed by atoms with Gasteiger partial charge in [0.1, 0.15) is 12.0 Å². The Hall–Kier alpha value is -1.71. The molecule has 0 aliphatic carbocycles. The zero-order valence-corrected chi connectivity index (χ0v) is 15.3. The van der Waals surface area contributed by atoms with Crippen LogP contribution >= 0.6 is 23.2 Å². The average molecular weight is 372 g/mol. The Morgan fingerprint density at radius 1 is 0.960 bits per heavy atom. The Bertz CT molecular complexity index is 864. The van der Waals surface area contributed by atoms with Gasteiger partial charge in [-0.3, -0.25) is 4.99 Å². The number of aliphatic imine (C=N–C) groups is 1. The van der Waals surface area contributed by atoms with Gasteiger partial charge in [-0.25, -0.2) is 0 Å². The fourth-order valence-electron chi connectivity index (χ4n) is 4.54. The number of halogens is 2. The minimum atomic E-state index is 0.311. The lowest BCUT2D eigenvalue weighted by Crippen LogP contribution is -2.56. The van der Waals surface area contributed by atoms with Gasteiger partial charge in [-0.15, -0.1) is 0 Å². The smallest absolute Gasteiger partial charge is 0.134 e. The standard InChI is InChI=1S/C20H19Cl2N3/c21-16-7-6-13(12-17(16)22)14-8-11-24-18-5-2-1-4-15(18)19-23-9-3-10-25(19)20(14)24/h1-2,4-7,12,14,20H,3,8-11H2. The maximum atomic E-state index is 6.30. The van der Waals surface area contributed by atoms with E-state index in [1.165, 1.54) is 16.8 Å². The monoisotopic (exact) mass is 371 g/mol. The Morgan fingerprint density at radius 3 is 2.72 bits per heavy atom. The highest BCUT2D eigenvalue weighted by molar-refractivity contribution is 6.42. The van der Waals surface area contributed by atoms with E-state index in [0.29, 0.717) is 22.1 Å². The molecule has 0 radical (unpaired) electrons. The molecule has 0 amide bonds. The van der Waals surface area contributed by atoms with E-state index in [4.69, 9.17) is 28.2 Å². The van der Waals surface area contributed by atoms with Gasteiger partial charge >= 0.3 is 0 Å². The molecule has 0 bridgehead atoms. The molecule has 2 atom stereocenters. The van der Waals surface area contributed by atoms with Crippen LogP contribution in [-0.2, 0) is 0 Å². The van der Waals surface area contributed by atoms with E-state index in [-0.39, 0.29) is 0 Å². The van der Waals surface area contributed by atoms with Crippen LogP contribution in [-0.4, -0.2) is 36.5 Å². The summed E-state index contributed by atoms with van der Waals surface area (Å²) in [6.45, 7) is 3.03. The third-order valence-electron chi connectivity index (χ3n) is 5.60. The number of nitrogens with zero attached hydrogens (tertiary/aromatic N) is 3. The molecule has 3 nitrogen and oxygen atoms in total. The van der Waals surface area contributed by atoms with Gasteiger partial charge in [0.05, 0.1) is 10.0 Å². The second-order valence-corrected chi connectivity index (χ2v) is 7.76. The Labute approximate surface area is 157 Å². The molecule has 0 saturated carbocycles. The molecule has 3 aliphatic heterocycles. The zero-order chi connectivity index (χ0) is 17.0. The first-order chi connectivity index (χ1) is 12.2. The van der Waals surface area contributed by atoms with Gasteiger partial charge < -0.3 is 9.80 Å². The first kappa shape index (κ1) is 15.5. The van der Waals surface area contributed by atoms with Gasteiger partial charge in [-0.2, -0.15) is 0 Å². The molecule has 1 saturated heterocycles. The molecule has 25 heavy (non-hydrogen) atoms. The van der Waals surface area contributed by atoms with Crippen molar-refractivity contribution in [1.82, 2.24) is 4.90 Å². The van der Waals surface area contributed by atoms with E-state index in [2.05, 4.69) is 40.1 Å². The third-order valence-corrected chi connectivity index (χ3v) is 6.34. The molecule has 1 fully saturated rings. The van der Waals surface area contributed by atoms with E-state index >= 15 is 0 Å². The Balaban J connectivity index is 1.62. The second kappa shape index (κ2) is 5.93. The van der Waals surface area contributed by atoms with Crippen molar-refractivity contribution >= 4 is 34.7 Å². The van der Waals surface area contributed by atoms with Crippen LogP contribution in [0.25, 0.3) is 0 Å². The highest BCUT2D eigenvalue weighted by atomic mass is 35.5. The zero-order valence-electron chi connectivity index (χ0n) is 13.8. The lowest BCUT2D eigenvalue weighted by molar-refractivity contribution is 0.275. The minimum absolute atomic E-state index is 0.311. The predicted octanol–water partition coefficient (Wildman–Crippen LogP) is 4.78. The van der Waals surface area contributed by atoms with Crippen LogP contribution in [0.1, 0.15) is 29.9 Å². The van der Waals surface area contributed by atoms with E-state index in [0.717, 1.165) is 38.3 Å². The maximum absolute atomic E-state index is 6.30. The van der Waals surface area contributed by atoms with Crippen LogP contribution in [0, 0.1) is 0 Å². The fraction of sp³-hybridized carbons (Fsp3) is 0.350. The Morgan fingerprint density at radius 2 is 1.84 bits per heavy atom.